The number of anilines is 2. The van der Waals surface area contributed by atoms with E-state index in [1.54, 1.807) is 0 Å². The summed E-state index contributed by atoms with van der Waals surface area (Å²) in [6.07, 6.45) is 2.67. The van der Waals surface area contributed by atoms with Gasteiger partial charge in [0.25, 0.3) is 0 Å². The highest BCUT2D eigenvalue weighted by molar-refractivity contribution is 6.33. The van der Waals surface area contributed by atoms with Crippen LogP contribution in [0.15, 0.2) is 12.1 Å². The van der Waals surface area contributed by atoms with Crippen molar-refractivity contribution in [3.05, 3.63) is 22.7 Å². The van der Waals surface area contributed by atoms with Gasteiger partial charge in [-0.15, -0.1) is 0 Å². The first-order valence-corrected chi connectivity index (χ1v) is 6.62. The summed E-state index contributed by atoms with van der Waals surface area (Å²) in [5, 5.41) is 4.16. The van der Waals surface area contributed by atoms with Gasteiger partial charge in [-0.1, -0.05) is 25.4 Å². The van der Waals surface area contributed by atoms with Gasteiger partial charge in [-0.05, 0) is 48.8 Å². The topological polar surface area (TPSA) is 38.0 Å². The van der Waals surface area contributed by atoms with Crippen LogP contribution in [0.1, 0.15) is 32.3 Å². The summed E-state index contributed by atoms with van der Waals surface area (Å²) < 4.78 is 0. The van der Waals surface area contributed by atoms with Crippen LogP contribution in [-0.2, 0) is 0 Å². The van der Waals surface area contributed by atoms with E-state index in [1.807, 2.05) is 12.1 Å². The van der Waals surface area contributed by atoms with Crippen LogP contribution < -0.4 is 11.1 Å². The van der Waals surface area contributed by atoms with Crippen molar-refractivity contribution in [3.8, 4) is 0 Å². The van der Waals surface area contributed by atoms with Gasteiger partial charge < -0.3 is 11.1 Å². The van der Waals surface area contributed by atoms with Crippen molar-refractivity contribution in [1.29, 1.82) is 0 Å². The van der Waals surface area contributed by atoms with E-state index < -0.39 is 0 Å². The molecule has 3 N–H and O–H groups in total. The highest BCUT2D eigenvalue weighted by Gasteiger charge is 2.44. The number of rotatable bonds is 4. The summed E-state index contributed by atoms with van der Waals surface area (Å²) in [7, 11) is 0. The number of hydrogen-bond donors (Lipinski definition) is 2. The van der Waals surface area contributed by atoms with Gasteiger partial charge in [0.1, 0.15) is 0 Å². The second kappa shape index (κ2) is 4.41. The Morgan fingerprint density at radius 2 is 2.06 bits per heavy atom. The fourth-order valence-electron chi connectivity index (χ4n) is 2.28. The van der Waals surface area contributed by atoms with Gasteiger partial charge in [0.2, 0.25) is 0 Å². The molecule has 1 aliphatic carbocycles. The highest BCUT2D eigenvalue weighted by Crippen LogP contribution is 2.51. The van der Waals surface area contributed by atoms with Gasteiger partial charge in [-0.25, -0.2) is 0 Å². The van der Waals surface area contributed by atoms with E-state index in [0.29, 0.717) is 16.1 Å². The van der Waals surface area contributed by atoms with E-state index in [0.717, 1.165) is 23.7 Å². The molecule has 3 heteroatoms. The molecule has 2 nitrogen and oxygen atoms in total. The third kappa shape index (κ3) is 2.52. The molecule has 1 saturated carbocycles. The third-order valence-electron chi connectivity index (χ3n) is 4.09. The van der Waals surface area contributed by atoms with Crippen LogP contribution in [0.5, 0.6) is 0 Å². The number of halogens is 1. The van der Waals surface area contributed by atoms with Crippen LogP contribution in [-0.4, -0.2) is 6.54 Å². The summed E-state index contributed by atoms with van der Waals surface area (Å²) in [5.41, 5.74) is 9.19. The SMILES string of the molecule is Cc1cc(N)c(Cl)cc1NCC1(C(C)C)CC1. The largest absolute Gasteiger partial charge is 0.398 e. The van der Waals surface area contributed by atoms with Crippen molar-refractivity contribution < 1.29 is 0 Å². The Balaban J connectivity index is 2.07. The average Bonchev–Trinajstić information content (AvgIpc) is 3.02. The van der Waals surface area contributed by atoms with E-state index in [-0.39, 0.29) is 0 Å². The van der Waals surface area contributed by atoms with Gasteiger partial charge in [0.05, 0.1) is 10.7 Å². The summed E-state index contributed by atoms with van der Waals surface area (Å²) in [6.45, 7) is 7.70. The van der Waals surface area contributed by atoms with E-state index in [1.165, 1.54) is 12.8 Å². The van der Waals surface area contributed by atoms with Crippen LogP contribution >= 0.6 is 11.6 Å². The average molecular weight is 253 g/mol. The molecule has 0 aliphatic heterocycles. The van der Waals surface area contributed by atoms with Crippen molar-refractivity contribution in [2.75, 3.05) is 17.6 Å². The Morgan fingerprint density at radius 1 is 1.41 bits per heavy atom. The molecule has 0 heterocycles. The van der Waals surface area contributed by atoms with Gasteiger partial charge in [0.15, 0.2) is 0 Å². The van der Waals surface area contributed by atoms with Crippen LogP contribution in [0.4, 0.5) is 11.4 Å². The van der Waals surface area contributed by atoms with Crippen molar-refractivity contribution in [2.45, 2.75) is 33.6 Å². The van der Waals surface area contributed by atoms with Gasteiger partial charge in [-0.2, -0.15) is 0 Å². The second-order valence-electron chi connectivity index (χ2n) is 5.56. The monoisotopic (exact) mass is 252 g/mol. The summed E-state index contributed by atoms with van der Waals surface area (Å²) in [6, 6.07) is 3.86. The van der Waals surface area contributed by atoms with E-state index >= 15 is 0 Å². The molecule has 17 heavy (non-hydrogen) atoms. The lowest BCUT2D eigenvalue weighted by molar-refractivity contribution is 0.380. The minimum Gasteiger partial charge on any atom is -0.398 e. The maximum atomic E-state index is 6.05. The molecule has 94 valence electrons. The minimum atomic E-state index is 0.500. The quantitative estimate of drug-likeness (QED) is 0.793. The molecule has 0 bridgehead atoms. The zero-order valence-electron chi connectivity index (χ0n) is 10.8. The zero-order chi connectivity index (χ0) is 12.6. The molecule has 1 aliphatic rings. The first-order chi connectivity index (χ1) is 7.94. The summed E-state index contributed by atoms with van der Waals surface area (Å²) >= 11 is 6.05. The number of nitrogens with one attached hydrogen (secondary N) is 1. The molecule has 0 aromatic heterocycles. The predicted octanol–water partition coefficient (Wildman–Crippen LogP) is 4.08. The smallest absolute Gasteiger partial charge is 0.0656 e. The van der Waals surface area contributed by atoms with Gasteiger partial charge >= 0.3 is 0 Å². The first-order valence-electron chi connectivity index (χ1n) is 6.24. The Hall–Kier alpha value is -0.890. The molecular weight excluding hydrogens is 232 g/mol. The number of hydrogen-bond acceptors (Lipinski definition) is 2. The lowest BCUT2D eigenvalue weighted by Gasteiger charge is -2.21. The van der Waals surface area contributed by atoms with E-state index in [4.69, 9.17) is 17.3 Å². The number of nitrogen functional groups attached to an aromatic ring is 1. The maximum Gasteiger partial charge on any atom is 0.0656 e. The molecule has 0 atom stereocenters. The van der Waals surface area contributed by atoms with Crippen molar-refractivity contribution in [1.82, 2.24) is 0 Å². The summed E-state index contributed by atoms with van der Waals surface area (Å²) in [4.78, 5) is 0. The number of benzene rings is 1. The fraction of sp³-hybridized carbons (Fsp3) is 0.571. The molecule has 1 aromatic carbocycles. The minimum absolute atomic E-state index is 0.500. The van der Waals surface area contributed by atoms with Gasteiger partial charge in [0, 0.05) is 12.2 Å². The van der Waals surface area contributed by atoms with Crippen LogP contribution in [0, 0.1) is 18.3 Å². The molecule has 1 fully saturated rings. The zero-order valence-corrected chi connectivity index (χ0v) is 11.6. The van der Waals surface area contributed by atoms with Crippen LogP contribution in [0.25, 0.3) is 0 Å². The highest BCUT2D eigenvalue weighted by atomic mass is 35.5. The van der Waals surface area contributed by atoms with Crippen LogP contribution in [0.3, 0.4) is 0 Å². The van der Waals surface area contributed by atoms with E-state index in [2.05, 4.69) is 26.1 Å². The number of aryl methyl sites for hydroxylation is 1. The number of nitrogens with two attached hydrogens (primary N) is 1. The molecule has 0 spiro atoms. The second-order valence-corrected chi connectivity index (χ2v) is 5.97. The molecule has 0 amide bonds. The van der Waals surface area contributed by atoms with Crippen molar-refractivity contribution in [2.24, 2.45) is 11.3 Å². The lowest BCUT2D eigenvalue weighted by atomic mass is 9.92. The third-order valence-corrected chi connectivity index (χ3v) is 4.42. The Kier molecular flexibility index (Phi) is 3.26. The normalized spacial score (nSPS) is 17.2. The Bertz CT molecular complexity index is 422. The maximum absolute atomic E-state index is 6.05. The first kappa shape index (κ1) is 12.6. The van der Waals surface area contributed by atoms with E-state index in [9.17, 15) is 0 Å². The predicted molar refractivity (Wildman–Crippen MR) is 75.6 cm³/mol. The molecule has 0 radical (unpaired) electrons. The summed E-state index contributed by atoms with van der Waals surface area (Å²) in [5.74, 6) is 0.736. The van der Waals surface area contributed by atoms with Gasteiger partial charge in [-0.3, -0.25) is 0 Å². The molecular formula is C14H21ClN2. The Morgan fingerprint density at radius 3 is 2.59 bits per heavy atom. The van der Waals surface area contributed by atoms with Crippen LogP contribution in [0.2, 0.25) is 5.02 Å². The molecule has 0 unspecified atom stereocenters. The van der Waals surface area contributed by atoms with Crippen molar-refractivity contribution in [3.63, 3.8) is 0 Å². The molecule has 0 saturated heterocycles. The standard InChI is InChI=1S/C14H21ClN2/c1-9(2)14(4-5-14)8-17-13-7-11(15)12(16)6-10(13)3/h6-7,9,17H,4-5,8,16H2,1-3H3. The molecule has 1 aromatic rings. The lowest BCUT2D eigenvalue weighted by Crippen LogP contribution is -2.21. The molecule has 2 rings (SSSR count). The Labute approximate surface area is 109 Å². The fourth-order valence-corrected chi connectivity index (χ4v) is 2.45. The van der Waals surface area contributed by atoms with Crippen molar-refractivity contribution >= 4 is 23.0 Å².